The molecule has 2 aliphatic rings. The molecule has 1 saturated heterocycles. The van der Waals surface area contributed by atoms with Crippen molar-refractivity contribution in [1.82, 2.24) is 4.90 Å². The maximum Gasteiger partial charge on any atom is 0.162 e. The molecule has 1 fully saturated rings. The Morgan fingerprint density at radius 3 is 2.66 bits per heavy atom. The van der Waals surface area contributed by atoms with Crippen molar-refractivity contribution < 1.29 is 9.18 Å². The molecule has 0 aliphatic carbocycles. The van der Waals surface area contributed by atoms with E-state index in [-0.39, 0.29) is 11.6 Å². The summed E-state index contributed by atoms with van der Waals surface area (Å²) in [6.07, 6.45) is 7.41. The van der Waals surface area contributed by atoms with Crippen LogP contribution in [-0.2, 0) is 13.0 Å². The van der Waals surface area contributed by atoms with Crippen LogP contribution < -0.4 is 5.32 Å². The predicted octanol–water partition coefficient (Wildman–Crippen LogP) is 5.45. The first kappa shape index (κ1) is 20.1. The van der Waals surface area contributed by atoms with Gasteiger partial charge >= 0.3 is 0 Å². The van der Waals surface area contributed by atoms with E-state index in [2.05, 4.69) is 22.3 Å². The van der Waals surface area contributed by atoms with Gasteiger partial charge in [0.05, 0.1) is 0 Å². The number of rotatable bonds is 6. The smallest absolute Gasteiger partial charge is 0.162 e. The second-order valence-corrected chi connectivity index (χ2v) is 8.56. The fourth-order valence-electron chi connectivity index (χ4n) is 4.56. The second kappa shape index (κ2) is 9.53. The van der Waals surface area contributed by atoms with Crippen LogP contribution in [0.3, 0.4) is 0 Å². The maximum absolute atomic E-state index is 13.0. The highest BCUT2D eigenvalue weighted by Crippen LogP contribution is 2.26. The van der Waals surface area contributed by atoms with Crippen molar-refractivity contribution in [2.45, 2.75) is 51.5 Å². The van der Waals surface area contributed by atoms with Gasteiger partial charge < -0.3 is 5.32 Å². The van der Waals surface area contributed by atoms with Crippen LogP contribution in [0.1, 0.15) is 60.0 Å². The third-order valence-corrected chi connectivity index (χ3v) is 6.43. The number of hydrogen-bond donors (Lipinski definition) is 1. The summed E-state index contributed by atoms with van der Waals surface area (Å²) < 4.78 is 13.0. The van der Waals surface area contributed by atoms with Crippen LogP contribution in [0.2, 0.25) is 0 Å². The summed E-state index contributed by atoms with van der Waals surface area (Å²) in [7, 11) is 0. The molecule has 2 aliphatic heterocycles. The Kier molecular flexibility index (Phi) is 6.60. The van der Waals surface area contributed by atoms with Gasteiger partial charge in [-0.25, -0.2) is 4.39 Å². The monoisotopic (exact) mass is 394 g/mol. The normalized spacial score (nSPS) is 18.0. The molecule has 4 rings (SSSR count). The summed E-state index contributed by atoms with van der Waals surface area (Å²) in [4.78, 5) is 15.2. The van der Waals surface area contributed by atoms with Crippen molar-refractivity contribution in [2.75, 3.05) is 25.0 Å². The first-order valence-electron chi connectivity index (χ1n) is 11.0. The van der Waals surface area contributed by atoms with Gasteiger partial charge in [-0.3, -0.25) is 9.69 Å². The van der Waals surface area contributed by atoms with E-state index in [0.29, 0.717) is 12.3 Å². The number of benzene rings is 2. The number of halogens is 1. The van der Waals surface area contributed by atoms with E-state index >= 15 is 0 Å². The lowest BCUT2D eigenvalue weighted by atomic mass is 9.90. The fraction of sp³-hybridized carbons (Fsp3) is 0.480. The molecule has 3 nitrogen and oxygen atoms in total. The van der Waals surface area contributed by atoms with Crippen LogP contribution in [-0.4, -0.2) is 30.3 Å². The number of carbonyl (C=O) groups excluding carboxylic acids is 1. The highest BCUT2D eigenvalue weighted by molar-refractivity contribution is 5.97. The van der Waals surface area contributed by atoms with Crippen LogP contribution in [0.25, 0.3) is 0 Å². The lowest BCUT2D eigenvalue weighted by Gasteiger charge is -2.32. The first-order valence-corrected chi connectivity index (χ1v) is 11.0. The van der Waals surface area contributed by atoms with Crippen molar-refractivity contribution >= 4 is 11.5 Å². The van der Waals surface area contributed by atoms with Gasteiger partial charge in [-0.05, 0) is 86.9 Å². The highest BCUT2D eigenvalue weighted by Gasteiger charge is 2.21. The molecule has 0 amide bonds. The molecule has 1 N–H and O–H groups in total. The quantitative estimate of drug-likeness (QED) is 0.661. The summed E-state index contributed by atoms with van der Waals surface area (Å²) in [5.74, 6) is 0.720. The van der Waals surface area contributed by atoms with E-state index < -0.39 is 0 Å². The Labute approximate surface area is 173 Å². The number of hydrogen-bond acceptors (Lipinski definition) is 3. The Morgan fingerprint density at radius 1 is 1.07 bits per heavy atom. The number of piperidine rings is 1. The number of ketones is 1. The molecule has 0 saturated carbocycles. The van der Waals surface area contributed by atoms with Gasteiger partial charge in [0.2, 0.25) is 0 Å². The van der Waals surface area contributed by atoms with Gasteiger partial charge in [-0.1, -0.05) is 24.3 Å². The third-order valence-electron chi connectivity index (χ3n) is 6.43. The maximum atomic E-state index is 13.0. The van der Waals surface area contributed by atoms with Crippen LogP contribution in [0.5, 0.6) is 0 Å². The van der Waals surface area contributed by atoms with E-state index in [1.54, 1.807) is 0 Å². The number of fused-ring (bicyclic) bond motifs is 1. The Bertz CT molecular complexity index is 825. The molecule has 0 atom stereocenters. The second-order valence-electron chi connectivity index (χ2n) is 8.56. The molecule has 0 spiro atoms. The van der Waals surface area contributed by atoms with E-state index in [0.717, 1.165) is 68.7 Å². The summed E-state index contributed by atoms with van der Waals surface area (Å²) >= 11 is 0. The summed E-state index contributed by atoms with van der Waals surface area (Å²) in [6.45, 7) is 3.99. The summed E-state index contributed by atoms with van der Waals surface area (Å²) in [6, 6.07) is 13.0. The van der Waals surface area contributed by atoms with E-state index in [1.165, 1.54) is 30.5 Å². The molecule has 2 aromatic carbocycles. The third kappa shape index (κ3) is 5.45. The first-order chi connectivity index (χ1) is 14.2. The minimum Gasteiger partial charge on any atom is -0.385 e. The number of Topliss-reactive ketones (excluding diaryl/α,β-unsaturated/α-hetero) is 1. The SMILES string of the molecule is O=C(CCC1CCN(Cc2ccc(F)cc2)CC1)c1ccc2c(c1)NCCCC2. The largest absolute Gasteiger partial charge is 0.385 e. The number of aryl methyl sites for hydroxylation is 1. The minimum absolute atomic E-state index is 0.178. The number of carbonyl (C=O) groups is 1. The van der Waals surface area contributed by atoms with Crippen LogP contribution in [0, 0.1) is 11.7 Å². The molecule has 0 aromatic heterocycles. The van der Waals surface area contributed by atoms with E-state index in [1.807, 2.05) is 18.2 Å². The molecule has 0 unspecified atom stereocenters. The molecule has 0 bridgehead atoms. The highest BCUT2D eigenvalue weighted by atomic mass is 19.1. The predicted molar refractivity (Wildman–Crippen MR) is 116 cm³/mol. The number of nitrogens with one attached hydrogen (secondary N) is 1. The average molecular weight is 395 g/mol. The lowest BCUT2D eigenvalue weighted by molar-refractivity contribution is 0.0961. The molecular formula is C25H31FN2O. The van der Waals surface area contributed by atoms with Gasteiger partial charge in [-0.2, -0.15) is 0 Å². The standard InChI is InChI=1S/C25H31FN2O/c26-23-9-4-20(5-10-23)18-28-15-12-19(13-16-28)6-11-25(29)22-8-7-21-3-1-2-14-27-24(21)17-22/h4-5,7-10,17,19,27H,1-3,6,11-16,18H2. The average Bonchev–Trinajstić information content (AvgIpc) is 2.99. The zero-order chi connectivity index (χ0) is 20.1. The molecule has 2 aromatic rings. The molecular weight excluding hydrogens is 363 g/mol. The Hall–Kier alpha value is -2.20. The van der Waals surface area contributed by atoms with Gasteiger partial charge in [-0.15, -0.1) is 0 Å². The fourth-order valence-corrected chi connectivity index (χ4v) is 4.56. The van der Waals surface area contributed by atoms with Crippen molar-refractivity contribution in [3.05, 3.63) is 65.0 Å². The summed E-state index contributed by atoms with van der Waals surface area (Å²) in [5.41, 5.74) is 4.51. The molecule has 4 heteroatoms. The van der Waals surface area contributed by atoms with Crippen LogP contribution >= 0.6 is 0 Å². The van der Waals surface area contributed by atoms with Gasteiger partial charge in [0.1, 0.15) is 5.82 Å². The van der Waals surface area contributed by atoms with Crippen LogP contribution in [0.15, 0.2) is 42.5 Å². The van der Waals surface area contributed by atoms with E-state index in [4.69, 9.17) is 0 Å². The molecule has 29 heavy (non-hydrogen) atoms. The van der Waals surface area contributed by atoms with Crippen molar-refractivity contribution in [2.24, 2.45) is 5.92 Å². The summed E-state index contributed by atoms with van der Waals surface area (Å²) in [5, 5.41) is 3.48. The number of likely N-dealkylation sites (tertiary alicyclic amines) is 1. The topological polar surface area (TPSA) is 32.3 Å². The lowest BCUT2D eigenvalue weighted by Crippen LogP contribution is -2.33. The van der Waals surface area contributed by atoms with Crippen LogP contribution in [0.4, 0.5) is 10.1 Å². The zero-order valence-electron chi connectivity index (χ0n) is 17.1. The Balaban J connectivity index is 1.23. The minimum atomic E-state index is -0.178. The van der Waals surface area contributed by atoms with Crippen molar-refractivity contribution in [3.8, 4) is 0 Å². The molecule has 0 radical (unpaired) electrons. The number of nitrogens with zero attached hydrogens (tertiary/aromatic N) is 1. The van der Waals surface area contributed by atoms with E-state index in [9.17, 15) is 9.18 Å². The number of anilines is 1. The van der Waals surface area contributed by atoms with Gasteiger partial charge in [0.25, 0.3) is 0 Å². The van der Waals surface area contributed by atoms with Gasteiger partial charge in [0.15, 0.2) is 5.78 Å². The molecule has 2 heterocycles. The van der Waals surface area contributed by atoms with Gasteiger partial charge in [0, 0.05) is 30.8 Å². The van der Waals surface area contributed by atoms with Crippen molar-refractivity contribution in [1.29, 1.82) is 0 Å². The van der Waals surface area contributed by atoms with Crippen molar-refractivity contribution in [3.63, 3.8) is 0 Å². The Morgan fingerprint density at radius 2 is 1.86 bits per heavy atom. The zero-order valence-corrected chi connectivity index (χ0v) is 17.1. The molecule has 154 valence electrons.